The zero-order chi connectivity index (χ0) is 24.9. The average Bonchev–Trinajstić information content (AvgIpc) is 2.85. The van der Waals surface area contributed by atoms with Gasteiger partial charge in [0, 0.05) is 5.56 Å². The maximum atomic E-state index is 13.5. The molecule has 0 radical (unpaired) electrons. The van der Waals surface area contributed by atoms with Crippen molar-refractivity contribution in [1.29, 1.82) is 0 Å². The SMILES string of the molecule is COC(=O)c1ccc(N2C(=O)NC(=O)/C(=C\c3ccccc3OCc3cccc(F)c3)C2=O)cc1. The lowest BCUT2D eigenvalue weighted by molar-refractivity contribution is -0.122. The number of barbiturate groups is 1. The van der Waals surface area contributed by atoms with E-state index in [9.17, 15) is 23.6 Å². The number of benzene rings is 3. The summed E-state index contributed by atoms with van der Waals surface area (Å²) in [7, 11) is 1.24. The van der Waals surface area contributed by atoms with Crippen LogP contribution in [0.1, 0.15) is 21.5 Å². The van der Waals surface area contributed by atoms with Gasteiger partial charge in [-0.15, -0.1) is 0 Å². The lowest BCUT2D eigenvalue weighted by Gasteiger charge is -2.26. The van der Waals surface area contributed by atoms with Crippen LogP contribution in [0.25, 0.3) is 6.08 Å². The first-order valence-corrected chi connectivity index (χ1v) is 10.4. The molecule has 3 aromatic rings. The van der Waals surface area contributed by atoms with Crippen molar-refractivity contribution in [2.24, 2.45) is 0 Å². The van der Waals surface area contributed by atoms with Crippen molar-refractivity contribution >= 4 is 35.6 Å². The van der Waals surface area contributed by atoms with Gasteiger partial charge in [0.05, 0.1) is 18.4 Å². The van der Waals surface area contributed by atoms with Crippen LogP contribution in [0.4, 0.5) is 14.9 Å². The van der Waals surface area contributed by atoms with Crippen LogP contribution < -0.4 is 15.0 Å². The standard InChI is InChI=1S/C26H19FN2O6/c1-34-25(32)17-9-11-20(12-10-17)29-24(31)21(23(30)28-26(29)33)14-18-6-2-3-8-22(18)35-15-16-5-4-7-19(27)13-16/h2-14H,15H2,1H3,(H,28,30,33)/b21-14+. The molecule has 4 amide bonds. The Bertz CT molecular complexity index is 1350. The van der Waals surface area contributed by atoms with Crippen molar-refractivity contribution in [3.05, 3.63) is 101 Å². The van der Waals surface area contributed by atoms with Crippen LogP contribution in [0.5, 0.6) is 5.75 Å². The molecule has 1 saturated heterocycles. The van der Waals surface area contributed by atoms with Crippen molar-refractivity contribution in [1.82, 2.24) is 5.32 Å². The zero-order valence-electron chi connectivity index (χ0n) is 18.5. The number of hydrogen-bond acceptors (Lipinski definition) is 6. The summed E-state index contributed by atoms with van der Waals surface area (Å²) in [5, 5.41) is 2.15. The summed E-state index contributed by atoms with van der Waals surface area (Å²) in [4.78, 5) is 50.6. The largest absolute Gasteiger partial charge is 0.488 e. The molecule has 0 aliphatic carbocycles. The van der Waals surface area contributed by atoms with Gasteiger partial charge in [-0.2, -0.15) is 0 Å². The van der Waals surface area contributed by atoms with E-state index in [1.165, 1.54) is 49.6 Å². The van der Waals surface area contributed by atoms with Gasteiger partial charge in [-0.3, -0.25) is 14.9 Å². The summed E-state index contributed by atoms with van der Waals surface area (Å²) in [6, 6.07) is 17.3. The van der Waals surface area contributed by atoms with Crippen LogP contribution >= 0.6 is 0 Å². The third-order valence-corrected chi connectivity index (χ3v) is 5.15. The van der Waals surface area contributed by atoms with Gasteiger partial charge in [0.25, 0.3) is 11.8 Å². The van der Waals surface area contributed by atoms with Gasteiger partial charge in [-0.25, -0.2) is 18.9 Å². The Morgan fingerprint density at radius 2 is 1.74 bits per heavy atom. The Morgan fingerprint density at radius 3 is 2.46 bits per heavy atom. The Labute approximate surface area is 199 Å². The minimum atomic E-state index is -0.918. The molecule has 8 nitrogen and oxygen atoms in total. The number of nitrogens with zero attached hydrogens (tertiary/aromatic N) is 1. The third kappa shape index (κ3) is 5.09. The number of nitrogens with one attached hydrogen (secondary N) is 1. The summed E-state index contributed by atoms with van der Waals surface area (Å²) in [6.45, 7) is 0.0647. The highest BCUT2D eigenvalue weighted by molar-refractivity contribution is 6.39. The second-order valence-electron chi connectivity index (χ2n) is 7.45. The highest BCUT2D eigenvalue weighted by Crippen LogP contribution is 2.26. The molecule has 4 rings (SSSR count). The fraction of sp³-hybridized carbons (Fsp3) is 0.0769. The van der Waals surface area contributed by atoms with E-state index in [1.54, 1.807) is 36.4 Å². The van der Waals surface area contributed by atoms with Crippen LogP contribution in [-0.4, -0.2) is 30.9 Å². The molecule has 0 bridgehead atoms. The molecule has 0 aromatic heterocycles. The van der Waals surface area contributed by atoms with Crippen molar-refractivity contribution in [2.45, 2.75) is 6.61 Å². The lowest BCUT2D eigenvalue weighted by Crippen LogP contribution is -2.54. The number of rotatable bonds is 6. The van der Waals surface area contributed by atoms with Gasteiger partial charge in [0.1, 0.15) is 23.7 Å². The third-order valence-electron chi connectivity index (χ3n) is 5.15. The number of anilines is 1. The minimum Gasteiger partial charge on any atom is -0.488 e. The summed E-state index contributed by atoms with van der Waals surface area (Å²) in [5.74, 6) is -2.31. The van der Waals surface area contributed by atoms with Gasteiger partial charge in [-0.05, 0) is 54.1 Å². The Balaban J connectivity index is 1.62. The van der Waals surface area contributed by atoms with Crippen LogP contribution in [-0.2, 0) is 20.9 Å². The highest BCUT2D eigenvalue weighted by atomic mass is 19.1. The molecule has 1 fully saturated rings. The molecule has 1 heterocycles. The molecule has 176 valence electrons. The van der Waals surface area contributed by atoms with Crippen LogP contribution in [0.2, 0.25) is 0 Å². The van der Waals surface area contributed by atoms with Crippen LogP contribution in [0.15, 0.2) is 78.4 Å². The number of hydrogen-bond donors (Lipinski definition) is 1. The normalized spacial score (nSPS) is 14.6. The van der Waals surface area contributed by atoms with Gasteiger partial charge in [0.15, 0.2) is 0 Å². The van der Waals surface area contributed by atoms with Crippen molar-refractivity contribution in [3.8, 4) is 5.75 Å². The van der Waals surface area contributed by atoms with E-state index in [4.69, 9.17) is 4.74 Å². The van der Waals surface area contributed by atoms with E-state index in [0.29, 0.717) is 16.9 Å². The van der Waals surface area contributed by atoms with Gasteiger partial charge < -0.3 is 9.47 Å². The number of methoxy groups -OCH3 is 1. The number of carbonyl (C=O) groups excluding carboxylic acids is 4. The predicted octanol–water partition coefficient (Wildman–Crippen LogP) is 3.86. The summed E-state index contributed by atoms with van der Waals surface area (Å²) in [5.41, 5.74) is 1.12. The summed E-state index contributed by atoms with van der Waals surface area (Å²) in [6.07, 6.45) is 1.32. The van der Waals surface area contributed by atoms with Crippen molar-refractivity contribution in [3.63, 3.8) is 0 Å². The number of halogens is 1. The molecular weight excluding hydrogens is 455 g/mol. The fourth-order valence-corrected chi connectivity index (χ4v) is 3.43. The first-order valence-electron chi connectivity index (χ1n) is 10.4. The zero-order valence-corrected chi connectivity index (χ0v) is 18.5. The molecule has 35 heavy (non-hydrogen) atoms. The lowest BCUT2D eigenvalue weighted by atomic mass is 10.1. The second-order valence-corrected chi connectivity index (χ2v) is 7.45. The van der Waals surface area contributed by atoms with Crippen LogP contribution in [0, 0.1) is 5.82 Å². The Kier molecular flexibility index (Phi) is 6.68. The average molecular weight is 474 g/mol. The molecule has 1 aliphatic rings. The molecule has 1 N–H and O–H groups in total. The topological polar surface area (TPSA) is 102 Å². The van der Waals surface area contributed by atoms with E-state index in [2.05, 4.69) is 10.1 Å². The van der Waals surface area contributed by atoms with E-state index in [0.717, 1.165) is 4.90 Å². The molecule has 3 aromatic carbocycles. The summed E-state index contributed by atoms with van der Waals surface area (Å²) < 4.78 is 23.9. The second kappa shape index (κ2) is 10.0. The molecule has 0 spiro atoms. The van der Waals surface area contributed by atoms with E-state index < -0.39 is 29.6 Å². The van der Waals surface area contributed by atoms with Gasteiger partial charge in [0.2, 0.25) is 0 Å². The molecule has 1 aliphatic heterocycles. The monoisotopic (exact) mass is 474 g/mol. The van der Waals surface area contributed by atoms with E-state index >= 15 is 0 Å². The van der Waals surface area contributed by atoms with Crippen molar-refractivity contribution < 1.29 is 33.0 Å². The number of para-hydroxylation sites is 1. The molecular formula is C26H19FN2O6. The van der Waals surface area contributed by atoms with Gasteiger partial charge >= 0.3 is 12.0 Å². The van der Waals surface area contributed by atoms with Crippen molar-refractivity contribution in [2.75, 3.05) is 12.0 Å². The predicted molar refractivity (Wildman–Crippen MR) is 124 cm³/mol. The number of esters is 1. The molecule has 0 saturated carbocycles. The number of imide groups is 2. The first-order chi connectivity index (χ1) is 16.9. The quantitative estimate of drug-likeness (QED) is 0.331. The number of amides is 4. The van der Waals surface area contributed by atoms with Gasteiger partial charge in [-0.1, -0.05) is 30.3 Å². The maximum absolute atomic E-state index is 13.5. The highest BCUT2D eigenvalue weighted by Gasteiger charge is 2.37. The molecule has 0 atom stereocenters. The first kappa shape index (κ1) is 23.4. The molecule has 9 heteroatoms. The van der Waals surface area contributed by atoms with E-state index in [1.807, 2.05) is 0 Å². The Morgan fingerprint density at radius 1 is 1.00 bits per heavy atom. The number of urea groups is 1. The molecule has 0 unspecified atom stereocenters. The Hall–Kier alpha value is -4.79. The van der Waals surface area contributed by atoms with Crippen LogP contribution in [0.3, 0.4) is 0 Å². The van der Waals surface area contributed by atoms with E-state index in [-0.39, 0.29) is 23.4 Å². The smallest absolute Gasteiger partial charge is 0.337 e. The minimum absolute atomic E-state index is 0.0647. The summed E-state index contributed by atoms with van der Waals surface area (Å²) >= 11 is 0. The number of carbonyl (C=O) groups is 4. The fourth-order valence-electron chi connectivity index (χ4n) is 3.43. The number of ether oxygens (including phenoxy) is 2. The maximum Gasteiger partial charge on any atom is 0.337 e.